The molecular formula is C18H23NO2. The second-order valence-electron chi connectivity index (χ2n) is 6.14. The van der Waals surface area contributed by atoms with Gasteiger partial charge in [-0.1, -0.05) is 39.0 Å². The van der Waals surface area contributed by atoms with Crippen molar-refractivity contribution < 1.29 is 9.84 Å². The maximum atomic E-state index is 10.0. The van der Waals surface area contributed by atoms with Crippen molar-refractivity contribution in [2.24, 2.45) is 0 Å². The number of anilines is 1. The van der Waals surface area contributed by atoms with Crippen molar-refractivity contribution in [2.45, 2.75) is 32.7 Å². The van der Waals surface area contributed by atoms with Crippen molar-refractivity contribution >= 4 is 5.69 Å². The van der Waals surface area contributed by atoms with Crippen LogP contribution < -0.4 is 10.1 Å². The van der Waals surface area contributed by atoms with E-state index in [2.05, 4.69) is 44.3 Å². The Hall–Kier alpha value is -2.16. The predicted molar refractivity (Wildman–Crippen MR) is 87.1 cm³/mol. The SMILES string of the molecule is COc1ccc(CNc2ccccc2C(C)(C)C)c(O)c1. The van der Waals surface area contributed by atoms with E-state index in [-0.39, 0.29) is 11.2 Å². The minimum atomic E-state index is 0.0749. The summed E-state index contributed by atoms with van der Waals surface area (Å²) in [5, 5.41) is 13.4. The summed E-state index contributed by atoms with van der Waals surface area (Å²) in [6.45, 7) is 7.15. The maximum Gasteiger partial charge on any atom is 0.124 e. The van der Waals surface area contributed by atoms with E-state index in [9.17, 15) is 5.11 Å². The van der Waals surface area contributed by atoms with Gasteiger partial charge in [0.15, 0.2) is 0 Å². The van der Waals surface area contributed by atoms with E-state index >= 15 is 0 Å². The molecule has 0 aromatic heterocycles. The number of hydrogen-bond donors (Lipinski definition) is 2. The van der Waals surface area contributed by atoms with Crippen LogP contribution in [0.1, 0.15) is 31.9 Å². The molecule has 2 rings (SSSR count). The Morgan fingerprint density at radius 1 is 1.10 bits per heavy atom. The van der Waals surface area contributed by atoms with Gasteiger partial charge in [0, 0.05) is 23.9 Å². The van der Waals surface area contributed by atoms with E-state index in [0.29, 0.717) is 12.3 Å². The number of phenolic OH excluding ortho intramolecular Hbond substituents is 1. The molecule has 21 heavy (non-hydrogen) atoms. The summed E-state index contributed by atoms with van der Waals surface area (Å²) in [6.07, 6.45) is 0. The van der Waals surface area contributed by atoms with Gasteiger partial charge in [0.05, 0.1) is 7.11 Å². The molecule has 0 saturated heterocycles. The van der Waals surface area contributed by atoms with Crippen LogP contribution in [-0.2, 0) is 12.0 Å². The van der Waals surface area contributed by atoms with Crippen molar-refractivity contribution in [3.8, 4) is 11.5 Å². The van der Waals surface area contributed by atoms with Crippen LogP contribution in [-0.4, -0.2) is 12.2 Å². The predicted octanol–water partition coefficient (Wildman–Crippen LogP) is 4.31. The number of methoxy groups -OCH3 is 1. The number of aromatic hydroxyl groups is 1. The van der Waals surface area contributed by atoms with Crippen LogP contribution in [0, 0.1) is 0 Å². The number of rotatable bonds is 4. The zero-order valence-corrected chi connectivity index (χ0v) is 13.1. The highest BCUT2D eigenvalue weighted by Gasteiger charge is 2.17. The van der Waals surface area contributed by atoms with Crippen LogP contribution in [0.25, 0.3) is 0 Å². The van der Waals surface area contributed by atoms with Gasteiger partial charge in [-0.25, -0.2) is 0 Å². The molecule has 0 radical (unpaired) electrons. The number of nitrogens with one attached hydrogen (secondary N) is 1. The molecule has 0 bridgehead atoms. The first-order valence-electron chi connectivity index (χ1n) is 7.11. The molecule has 0 aliphatic heterocycles. The van der Waals surface area contributed by atoms with Gasteiger partial charge in [0.2, 0.25) is 0 Å². The first-order valence-corrected chi connectivity index (χ1v) is 7.11. The average Bonchev–Trinajstić information content (AvgIpc) is 2.45. The summed E-state index contributed by atoms with van der Waals surface area (Å²) < 4.78 is 5.10. The van der Waals surface area contributed by atoms with E-state index in [1.54, 1.807) is 13.2 Å². The molecule has 2 aromatic carbocycles. The normalized spacial score (nSPS) is 11.2. The van der Waals surface area contributed by atoms with Gasteiger partial charge in [-0.3, -0.25) is 0 Å². The number of phenols is 1. The summed E-state index contributed by atoms with van der Waals surface area (Å²) >= 11 is 0. The minimum absolute atomic E-state index is 0.0749. The fraction of sp³-hybridized carbons (Fsp3) is 0.333. The Kier molecular flexibility index (Phi) is 4.41. The van der Waals surface area contributed by atoms with E-state index in [1.165, 1.54) is 5.56 Å². The summed E-state index contributed by atoms with van der Waals surface area (Å²) in [5.74, 6) is 0.904. The molecule has 2 N–H and O–H groups in total. The molecule has 0 aliphatic carbocycles. The van der Waals surface area contributed by atoms with Crippen molar-refractivity contribution in [1.29, 1.82) is 0 Å². The maximum absolute atomic E-state index is 10.0. The van der Waals surface area contributed by atoms with E-state index < -0.39 is 0 Å². The quantitative estimate of drug-likeness (QED) is 0.879. The van der Waals surface area contributed by atoms with Gasteiger partial charge in [-0.2, -0.15) is 0 Å². The molecule has 2 aromatic rings. The lowest BCUT2D eigenvalue weighted by atomic mass is 9.86. The molecule has 0 unspecified atom stereocenters. The van der Waals surface area contributed by atoms with Gasteiger partial charge < -0.3 is 15.2 Å². The lowest BCUT2D eigenvalue weighted by molar-refractivity contribution is 0.406. The molecule has 0 amide bonds. The smallest absolute Gasteiger partial charge is 0.124 e. The second kappa shape index (κ2) is 6.08. The van der Waals surface area contributed by atoms with E-state index in [4.69, 9.17) is 4.74 Å². The summed E-state index contributed by atoms with van der Waals surface area (Å²) in [4.78, 5) is 0. The second-order valence-corrected chi connectivity index (χ2v) is 6.14. The summed E-state index contributed by atoms with van der Waals surface area (Å²) in [7, 11) is 1.59. The highest BCUT2D eigenvalue weighted by molar-refractivity contribution is 5.55. The highest BCUT2D eigenvalue weighted by Crippen LogP contribution is 2.30. The molecule has 0 atom stereocenters. The fourth-order valence-corrected chi connectivity index (χ4v) is 2.30. The molecule has 0 heterocycles. The summed E-state index contributed by atoms with van der Waals surface area (Å²) in [6, 6.07) is 13.6. The third-order valence-electron chi connectivity index (χ3n) is 3.50. The number of para-hydroxylation sites is 1. The fourth-order valence-electron chi connectivity index (χ4n) is 2.30. The van der Waals surface area contributed by atoms with Gasteiger partial charge in [0.25, 0.3) is 0 Å². The standard InChI is InChI=1S/C18H23NO2/c1-18(2,3)15-7-5-6-8-16(15)19-12-13-9-10-14(21-4)11-17(13)20/h5-11,19-20H,12H2,1-4H3. The molecule has 0 aliphatic rings. The molecule has 3 nitrogen and oxygen atoms in total. The molecular weight excluding hydrogens is 262 g/mol. The van der Waals surface area contributed by atoms with Crippen LogP contribution >= 0.6 is 0 Å². The Balaban J connectivity index is 2.17. The largest absolute Gasteiger partial charge is 0.507 e. The summed E-state index contributed by atoms with van der Waals surface area (Å²) in [5.41, 5.74) is 3.28. The van der Waals surface area contributed by atoms with E-state index in [0.717, 1.165) is 11.3 Å². The Morgan fingerprint density at radius 3 is 2.43 bits per heavy atom. The average molecular weight is 285 g/mol. The van der Waals surface area contributed by atoms with Crippen molar-refractivity contribution in [3.05, 3.63) is 53.6 Å². The number of benzene rings is 2. The van der Waals surface area contributed by atoms with Gasteiger partial charge in [-0.15, -0.1) is 0 Å². The molecule has 0 saturated carbocycles. The number of ether oxygens (including phenoxy) is 1. The van der Waals surface area contributed by atoms with Crippen LogP contribution in [0.3, 0.4) is 0 Å². The Labute approximate surface area is 126 Å². The lowest BCUT2D eigenvalue weighted by Gasteiger charge is -2.23. The lowest BCUT2D eigenvalue weighted by Crippen LogP contribution is -2.14. The van der Waals surface area contributed by atoms with Crippen LogP contribution in [0.5, 0.6) is 11.5 Å². The molecule has 0 fully saturated rings. The molecule has 0 spiro atoms. The van der Waals surface area contributed by atoms with Crippen LogP contribution in [0.4, 0.5) is 5.69 Å². The van der Waals surface area contributed by atoms with E-state index in [1.807, 2.05) is 18.2 Å². The van der Waals surface area contributed by atoms with Gasteiger partial charge >= 0.3 is 0 Å². The minimum Gasteiger partial charge on any atom is -0.507 e. The third kappa shape index (κ3) is 3.69. The van der Waals surface area contributed by atoms with Crippen LogP contribution in [0.2, 0.25) is 0 Å². The van der Waals surface area contributed by atoms with Crippen LogP contribution in [0.15, 0.2) is 42.5 Å². The molecule has 112 valence electrons. The Bertz CT molecular complexity index is 615. The van der Waals surface area contributed by atoms with Crippen molar-refractivity contribution in [3.63, 3.8) is 0 Å². The monoisotopic (exact) mass is 285 g/mol. The third-order valence-corrected chi connectivity index (χ3v) is 3.50. The van der Waals surface area contributed by atoms with Crippen molar-refractivity contribution in [1.82, 2.24) is 0 Å². The first-order chi connectivity index (χ1) is 9.91. The zero-order valence-electron chi connectivity index (χ0n) is 13.1. The Morgan fingerprint density at radius 2 is 1.81 bits per heavy atom. The number of hydrogen-bond acceptors (Lipinski definition) is 3. The van der Waals surface area contributed by atoms with Gasteiger partial charge in [-0.05, 0) is 29.2 Å². The first kappa shape index (κ1) is 15.2. The molecule has 3 heteroatoms. The van der Waals surface area contributed by atoms with Crippen molar-refractivity contribution in [2.75, 3.05) is 12.4 Å². The highest BCUT2D eigenvalue weighted by atomic mass is 16.5. The topological polar surface area (TPSA) is 41.5 Å². The van der Waals surface area contributed by atoms with Gasteiger partial charge in [0.1, 0.15) is 11.5 Å². The zero-order chi connectivity index (χ0) is 15.5.